The predicted molar refractivity (Wildman–Crippen MR) is 97.4 cm³/mol. The molecule has 0 unspecified atom stereocenters. The number of rotatable bonds is 2. The second-order valence-electron chi connectivity index (χ2n) is 7.30. The van der Waals surface area contributed by atoms with Crippen molar-refractivity contribution >= 4 is 18.3 Å². The van der Waals surface area contributed by atoms with Crippen molar-refractivity contribution in [3.05, 3.63) is 35.4 Å². The van der Waals surface area contributed by atoms with Crippen LogP contribution in [0.25, 0.3) is 0 Å². The van der Waals surface area contributed by atoms with E-state index >= 15 is 0 Å². The highest BCUT2D eigenvalue weighted by atomic mass is 35.5. The lowest BCUT2D eigenvalue weighted by Crippen LogP contribution is -2.46. The first-order valence-corrected chi connectivity index (χ1v) is 9.04. The lowest BCUT2D eigenvalue weighted by molar-refractivity contribution is -0.138. The van der Waals surface area contributed by atoms with Crippen LogP contribution in [-0.4, -0.2) is 36.5 Å². The first-order chi connectivity index (χ1) is 11.8. The van der Waals surface area contributed by atoms with Gasteiger partial charge in [0.1, 0.15) is 0 Å². The second-order valence-corrected chi connectivity index (χ2v) is 7.30. The molecule has 2 fully saturated rings. The van der Waals surface area contributed by atoms with E-state index < -0.39 is 11.7 Å². The zero-order chi connectivity index (χ0) is 18.0. The quantitative estimate of drug-likeness (QED) is 0.820. The first kappa shape index (κ1) is 21.0. The smallest absolute Gasteiger partial charge is 0.342 e. The van der Waals surface area contributed by atoms with Gasteiger partial charge in [-0.15, -0.1) is 12.4 Å². The standard InChI is InChI=1S/C19H25F3N2O.ClH/c1-13-12-16(6-9-23-13)18(25)24-10-7-15(8-11-24)14-2-4-17(5-3-14)19(20,21)22;/h2-5,13,15-16,23H,6-12H2,1H3;1H/t13-,16-;/m0./s1. The molecule has 2 heterocycles. The van der Waals surface area contributed by atoms with Crippen molar-refractivity contribution in [1.29, 1.82) is 0 Å². The van der Waals surface area contributed by atoms with Gasteiger partial charge in [0.05, 0.1) is 5.56 Å². The Balaban J connectivity index is 0.00000243. The number of piperidine rings is 2. The summed E-state index contributed by atoms with van der Waals surface area (Å²) in [7, 11) is 0. The van der Waals surface area contributed by atoms with Gasteiger partial charge >= 0.3 is 6.18 Å². The molecule has 0 saturated carbocycles. The van der Waals surface area contributed by atoms with Crippen LogP contribution in [0.15, 0.2) is 24.3 Å². The van der Waals surface area contributed by atoms with Crippen molar-refractivity contribution < 1.29 is 18.0 Å². The summed E-state index contributed by atoms with van der Waals surface area (Å²) in [5, 5.41) is 3.36. The van der Waals surface area contributed by atoms with Crippen LogP contribution in [-0.2, 0) is 11.0 Å². The fourth-order valence-electron chi connectivity index (χ4n) is 3.99. The molecular formula is C19H26ClF3N2O. The van der Waals surface area contributed by atoms with Crippen molar-refractivity contribution in [3.63, 3.8) is 0 Å². The number of hydrogen-bond acceptors (Lipinski definition) is 2. The minimum absolute atomic E-state index is 0. The molecule has 2 aliphatic rings. The van der Waals surface area contributed by atoms with E-state index in [0.717, 1.165) is 49.9 Å². The molecule has 0 spiro atoms. The molecule has 0 radical (unpaired) electrons. The van der Waals surface area contributed by atoms with Crippen molar-refractivity contribution in [2.75, 3.05) is 19.6 Å². The lowest BCUT2D eigenvalue weighted by Gasteiger charge is -2.36. The van der Waals surface area contributed by atoms with Crippen molar-refractivity contribution in [2.24, 2.45) is 5.92 Å². The fraction of sp³-hybridized carbons (Fsp3) is 0.632. The Morgan fingerprint density at radius 1 is 1.12 bits per heavy atom. The molecule has 3 rings (SSSR count). The number of halogens is 4. The van der Waals surface area contributed by atoms with Gasteiger partial charge in [-0.2, -0.15) is 13.2 Å². The summed E-state index contributed by atoms with van der Waals surface area (Å²) in [6.07, 6.45) is -0.880. The molecular weight excluding hydrogens is 365 g/mol. The van der Waals surface area contributed by atoms with Crippen LogP contribution in [0.5, 0.6) is 0 Å². The van der Waals surface area contributed by atoms with Crippen LogP contribution in [0, 0.1) is 5.92 Å². The van der Waals surface area contributed by atoms with Gasteiger partial charge in [0.15, 0.2) is 0 Å². The number of amides is 1. The summed E-state index contributed by atoms with van der Waals surface area (Å²) >= 11 is 0. The van der Waals surface area contributed by atoms with Gasteiger partial charge in [-0.25, -0.2) is 0 Å². The number of carbonyl (C=O) groups excluding carboxylic acids is 1. The summed E-state index contributed by atoms with van der Waals surface area (Å²) in [5.41, 5.74) is 0.333. The minimum Gasteiger partial charge on any atom is -0.342 e. The summed E-state index contributed by atoms with van der Waals surface area (Å²) in [4.78, 5) is 14.6. The Hall–Kier alpha value is -1.27. The molecule has 0 aromatic heterocycles. The highest BCUT2D eigenvalue weighted by Crippen LogP contribution is 2.33. The van der Waals surface area contributed by atoms with Gasteiger partial charge in [-0.1, -0.05) is 12.1 Å². The van der Waals surface area contributed by atoms with Crippen LogP contribution < -0.4 is 5.32 Å². The number of nitrogens with zero attached hydrogens (tertiary/aromatic N) is 1. The summed E-state index contributed by atoms with van der Waals surface area (Å²) in [6, 6.07) is 5.86. The third-order valence-corrected chi connectivity index (χ3v) is 5.49. The first-order valence-electron chi connectivity index (χ1n) is 9.04. The van der Waals surface area contributed by atoms with Crippen molar-refractivity contribution in [2.45, 2.75) is 50.7 Å². The molecule has 7 heteroatoms. The Morgan fingerprint density at radius 2 is 1.73 bits per heavy atom. The topological polar surface area (TPSA) is 32.3 Å². The highest BCUT2D eigenvalue weighted by Gasteiger charge is 2.32. The van der Waals surface area contributed by atoms with Gasteiger partial charge in [-0.3, -0.25) is 4.79 Å². The van der Waals surface area contributed by atoms with Crippen LogP contribution in [0.4, 0.5) is 13.2 Å². The number of hydrogen-bond donors (Lipinski definition) is 1. The summed E-state index contributed by atoms with van der Waals surface area (Å²) in [6.45, 7) is 4.39. The monoisotopic (exact) mass is 390 g/mol. The van der Waals surface area contributed by atoms with Gasteiger partial charge in [-0.05, 0) is 62.8 Å². The summed E-state index contributed by atoms with van der Waals surface area (Å²) < 4.78 is 38.0. The summed E-state index contributed by atoms with van der Waals surface area (Å²) in [5.74, 6) is 0.594. The minimum atomic E-state index is -4.29. The molecule has 0 aliphatic carbocycles. The highest BCUT2D eigenvalue weighted by molar-refractivity contribution is 5.85. The maximum absolute atomic E-state index is 12.7. The van der Waals surface area contributed by atoms with Crippen LogP contribution in [0.2, 0.25) is 0 Å². The van der Waals surface area contributed by atoms with E-state index in [9.17, 15) is 18.0 Å². The molecule has 0 bridgehead atoms. The maximum Gasteiger partial charge on any atom is 0.416 e. The molecule has 1 N–H and O–H groups in total. The van der Waals surface area contributed by atoms with Gasteiger partial charge in [0.2, 0.25) is 5.91 Å². The largest absolute Gasteiger partial charge is 0.416 e. The average Bonchev–Trinajstić information content (AvgIpc) is 2.61. The number of likely N-dealkylation sites (tertiary alicyclic amines) is 1. The van der Waals surface area contributed by atoms with Crippen molar-refractivity contribution in [1.82, 2.24) is 10.2 Å². The van der Waals surface area contributed by atoms with Crippen LogP contribution >= 0.6 is 12.4 Å². The average molecular weight is 391 g/mol. The lowest BCUT2D eigenvalue weighted by atomic mass is 9.87. The van der Waals surface area contributed by atoms with E-state index in [-0.39, 0.29) is 30.2 Å². The van der Waals surface area contributed by atoms with E-state index in [4.69, 9.17) is 0 Å². The Labute approximate surface area is 158 Å². The van der Waals surface area contributed by atoms with E-state index in [2.05, 4.69) is 12.2 Å². The fourth-order valence-corrected chi connectivity index (χ4v) is 3.99. The SMILES string of the molecule is C[C@H]1C[C@@H](C(=O)N2CCC(c3ccc(C(F)(F)F)cc3)CC2)CCN1.Cl. The normalized spacial score (nSPS) is 24.8. The maximum atomic E-state index is 12.7. The number of benzene rings is 1. The van der Waals surface area contributed by atoms with E-state index in [1.165, 1.54) is 0 Å². The molecule has 3 nitrogen and oxygen atoms in total. The zero-order valence-electron chi connectivity index (χ0n) is 14.9. The Kier molecular flexibility index (Phi) is 6.97. The number of carbonyl (C=O) groups is 1. The van der Waals surface area contributed by atoms with Crippen LogP contribution in [0.3, 0.4) is 0 Å². The van der Waals surface area contributed by atoms with Crippen molar-refractivity contribution in [3.8, 4) is 0 Å². The molecule has 2 atom stereocenters. The van der Waals surface area contributed by atoms with Crippen LogP contribution in [0.1, 0.15) is 49.7 Å². The van der Waals surface area contributed by atoms with E-state index in [1.807, 2.05) is 4.90 Å². The Bertz CT molecular complexity index is 598. The zero-order valence-corrected chi connectivity index (χ0v) is 15.7. The predicted octanol–water partition coefficient (Wildman–Crippen LogP) is 4.22. The molecule has 1 amide bonds. The number of alkyl halides is 3. The molecule has 1 aromatic rings. The second kappa shape index (κ2) is 8.61. The third-order valence-electron chi connectivity index (χ3n) is 5.49. The Morgan fingerprint density at radius 3 is 2.27 bits per heavy atom. The molecule has 146 valence electrons. The number of nitrogens with one attached hydrogen (secondary N) is 1. The molecule has 1 aromatic carbocycles. The van der Waals surface area contributed by atoms with E-state index in [1.54, 1.807) is 12.1 Å². The van der Waals surface area contributed by atoms with Gasteiger partial charge < -0.3 is 10.2 Å². The molecule has 2 saturated heterocycles. The molecule has 26 heavy (non-hydrogen) atoms. The van der Waals surface area contributed by atoms with E-state index in [0.29, 0.717) is 19.1 Å². The molecule has 2 aliphatic heterocycles. The third kappa shape index (κ3) is 4.92. The van der Waals surface area contributed by atoms with Gasteiger partial charge in [0, 0.05) is 25.0 Å². The van der Waals surface area contributed by atoms with Gasteiger partial charge in [0.25, 0.3) is 0 Å².